The van der Waals surface area contributed by atoms with Crippen LogP contribution in [0.1, 0.15) is 39.9 Å². The number of carboxylic acids is 1. The first-order valence-corrected chi connectivity index (χ1v) is 7.56. The highest BCUT2D eigenvalue weighted by molar-refractivity contribution is 5.89. The van der Waals surface area contributed by atoms with Gasteiger partial charge in [-0.25, -0.2) is 4.79 Å². The molecular weight excluding hydrogens is 308 g/mol. The maximum Gasteiger partial charge on any atom is 0.335 e. The number of rotatable bonds is 6. The molecule has 2 rings (SSSR count). The summed E-state index contributed by atoms with van der Waals surface area (Å²) in [6.45, 7) is 3.85. The monoisotopic (exact) mass is 330 g/mol. The summed E-state index contributed by atoms with van der Waals surface area (Å²) in [4.78, 5) is 11.2. The maximum atomic E-state index is 11.2. The summed E-state index contributed by atoms with van der Waals surface area (Å²) in [7, 11) is 4.73. The lowest BCUT2D eigenvalue weighted by Crippen LogP contribution is -2.04. The molecule has 0 amide bonds. The standard InChI is InChI=1S/C19H22O5/c1-11-8-13(6-7-15(11)19(20)21)12(2)14-9-16(22-3)18(24-5)17(10-14)23-4/h6-10,12H,1-5H3,(H,20,21). The summed E-state index contributed by atoms with van der Waals surface area (Å²) in [6, 6.07) is 9.20. The smallest absolute Gasteiger partial charge is 0.335 e. The molecule has 0 aliphatic carbocycles. The van der Waals surface area contributed by atoms with Crippen molar-refractivity contribution in [2.45, 2.75) is 19.8 Å². The Labute approximate surface area is 141 Å². The van der Waals surface area contributed by atoms with E-state index in [-0.39, 0.29) is 5.92 Å². The SMILES string of the molecule is COc1cc(C(C)c2ccc(C(=O)O)c(C)c2)cc(OC)c1OC. The number of carbonyl (C=O) groups is 1. The van der Waals surface area contributed by atoms with E-state index in [9.17, 15) is 4.79 Å². The van der Waals surface area contributed by atoms with E-state index < -0.39 is 5.97 Å². The van der Waals surface area contributed by atoms with Crippen molar-refractivity contribution in [2.75, 3.05) is 21.3 Å². The highest BCUT2D eigenvalue weighted by Crippen LogP contribution is 2.41. The lowest BCUT2D eigenvalue weighted by atomic mass is 9.90. The van der Waals surface area contributed by atoms with Crippen molar-refractivity contribution in [2.24, 2.45) is 0 Å². The fourth-order valence-corrected chi connectivity index (χ4v) is 2.74. The summed E-state index contributed by atoms with van der Waals surface area (Å²) < 4.78 is 16.1. The molecule has 0 aromatic heterocycles. The van der Waals surface area contributed by atoms with Crippen molar-refractivity contribution >= 4 is 5.97 Å². The quantitative estimate of drug-likeness (QED) is 0.871. The number of methoxy groups -OCH3 is 3. The van der Waals surface area contributed by atoms with Crippen LogP contribution in [-0.2, 0) is 0 Å². The van der Waals surface area contributed by atoms with Crippen LogP contribution in [0.3, 0.4) is 0 Å². The molecule has 0 aliphatic heterocycles. The predicted octanol–water partition coefficient (Wildman–Crippen LogP) is 3.87. The lowest BCUT2D eigenvalue weighted by Gasteiger charge is -2.18. The third kappa shape index (κ3) is 3.30. The number of aromatic carboxylic acids is 1. The molecule has 0 radical (unpaired) electrons. The van der Waals surface area contributed by atoms with Gasteiger partial charge in [-0.15, -0.1) is 0 Å². The molecule has 5 heteroatoms. The van der Waals surface area contributed by atoms with Gasteiger partial charge in [0.2, 0.25) is 5.75 Å². The molecule has 5 nitrogen and oxygen atoms in total. The highest BCUT2D eigenvalue weighted by Gasteiger charge is 2.18. The molecule has 2 aromatic carbocycles. The normalized spacial score (nSPS) is 11.7. The van der Waals surface area contributed by atoms with E-state index in [0.717, 1.165) is 16.7 Å². The number of ether oxygens (including phenoxy) is 3. The number of aryl methyl sites for hydroxylation is 1. The zero-order chi connectivity index (χ0) is 17.9. The van der Waals surface area contributed by atoms with Crippen molar-refractivity contribution in [3.63, 3.8) is 0 Å². The van der Waals surface area contributed by atoms with Gasteiger partial charge in [-0.2, -0.15) is 0 Å². The molecule has 1 atom stereocenters. The minimum Gasteiger partial charge on any atom is -0.493 e. The molecule has 0 spiro atoms. The Kier molecular flexibility index (Phi) is 5.34. The van der Waals surface area contributed by atoms with Gasteiger partial charge >= 0.3 is 5.97 Å². The molecule has 24 heavy (non-hydrogen) atoms. The van der Waals surface area contributed by atoms with Gasteiger partial charge in [0.05, 0.1) is 26.9 Å². The van der Waals surface area contributed by atoms with Gasteiger partial charge in [0.25, 0.3) is 0 Å². The molecule has 0 aliphatic rings. The van der Waals surface area contributed by atoms with Crippen LogP contribution >= 0.6 is 0 Å². The number of hydrogen-bond acceptors (Lipinski definition) is 4. The first-order valence-electron chi connectivity index (χ1n) is 7.56. The van der Waals surface area contributed by atoms with Crippen molar-refractivity contribution in [1.82, 2.24) is 0 Å². The van der Waals surface area contributed by atoms with Crippen molar-refractivity contribution in [3.8, 4) is 17.2 Å². The van der Waals surface area contributed by atoms with E-state index in [0.29, 0.717) is 22.8 Å². The summed E-state index contributed by atoms with van der Waals surface area (Å²) in [5.41, 5.74) is 3.06. The fourth-order valence-electron chi connectivity index (χ4n) is 2.74. The molecule has 128 valence electrons. The molecule has 0 heterocycles. The van der Waals surface area contributed by atoms with E-state index in [1.54, 1.807) is 34.3 Å². The van der Waals surface area contributed by atoms with Crippen LogP contribution in [-0.4, -0.2) is 32.4 Å². The average Bonchev–Trinajstić information content (AvgIpc) is 2.59. The van der Waals surface area contributed by atoms with Crippen molar-refractivity contribution < 1.29 is 24.1 Å². The molecular formula is C19H22O5. The second kappa shape index (κ2) is 7.25. The van der Waals surface area contributed by atoms with E-state index in [2.05, 4.69) is 6.92 Å². The van der Waals surface area contributed by atoms with Crippen LogP contribution in [0.4, 0.5) is 0 Å². The maximum absolute atomic E-state index is 11.2. The molecule has 0 saturated carbocycles. The van der Waals surface area contributed by atoms with Gasteiger partial charge in [-0.05, 0) is 41.8 Å². The topological polar surface area (TPSA) is 65.0 Å². The van der Waals surface area contributed by atoms with E-state index in [4.69, 9.17) is 19.3 Å². The Morgan fingerprint density at radius 2 is 1.54 bits per heavy atom. The first kappa shape index (κ1) is 17.7. The van der Waals surface area contributed by atoms with Crippen LogP contribution in [0, 0.1) is 6.92 Å². The summed E-state index contributed by atoms with van der Waals surface area (Å²) in [5.74, 6) is 0.864. The third-order valence-electron chi connectivity index (χ3n) is 4.17. The van der Waals surface area contributed by atoms with E-state index in [1.165, 1.54) is 0 Å². The van der Waals surface area contributed by atoms with Gasteiger partial charge in [-0.1, -0.05) is 19.1 Å². The van der Waals surface area contributed by atoms with Gasteiger partial charge in [0.1, 0.15) is 0 Å². The van der Waals surface area contributed by atoms with Crippen LogP contribution in [0.25, 0.3) is 0 Å². The van der Waals surface area contributed by atoms with E-state index in [1.807, 2.05) is 24.3 Å². The zero-order valence-corrected chi connectivity index (χ0v) is 14.5. The molecule has 1 unspecified atom stereocenters. The number of benzene rings is 2. The Hall–Kier alpha value is -2.69. The van der Waals surface area contributed by atoms with Gasteiger partial charge < -0.3 is 19.3 Å². The summed E-state index contributed by atoms with van der Waals surface area (Å²) in [5, 5.41) is 9.16. The number of carboxylic acid groups (broad SMARTS) is 1. The Balaban J connectivity index is 2.48. The molecule has 2 aromatic rings. The van der Waals surface area contributed by atoms with Gasteiger partial charge in [0.15, 0.2) is 11.5 Å². The van der Waals surface area contributed by atoms with Gasteiger partial charge in [0, 0.05) is 5.92 Å². The lowest BCUT2D eigenvalue weighted by molar-refractivity contribution is 0.0696. The minimum atomic E-state index is -0.917. The zero-order valence-electron chi connectivity index (χ0n) is 14.5. The second-order valence-electron chi connectivity index (χ2n) is 5.56. The largest absolute Gasteiger partial charge is 0.493 e. The Bertz CT molecular complexity index is 726. The van der Waals surface area contributed by atoms with Crippen LogP contribution in [0.15, 0.2) is 30.3 Å². The van der Waals surface area contributed by atoms with Crippen LogP contribution < -0.4 is 14.2 Å². The average molecular weight is 330 g/mol. The minimum absolute atomic E-state index is 0.0419. The fraction of sp³-hybridized carbons (Fsp3) is 0.316. The summed E-state index contributed by atoms with van der Waals surface area (Å²) in [6.07, 6.45) is 0. The highest BCUT2D eigenvalue weighted by atomic mass is 16.5. The molecule has 1 N–H and O–H groups in total. The van der Waals surface area contributed by atoms with E-state index >= 15 is 0 Å². The third-order valence-corrected chi connectivity index (χ3v) is 4.17. The molecule has 0 fully saturated rings. The second-order valence-corrected chi connectivity index (χ2v) is 5.56. The predicted molar refractivity (Wildman–Crippen MR) is 91.8 cm³/mol. The van der Waals surface area contributed by atoms with Crippen LogP contribution in [0.2, 0.25) is 0 Å². The first-order chi connectivity index (χ1) is 11.4. The number of hydrogen-bond donors (Lipinski definition) is 1. The summed E-state index contributed by atoms with van der Waals surface area (Å²) >= 11 is 0. The van der Waals surface area contributed by atoms with Crippen molar-refractivity contribution in [3.05, 3.63) is 52.6 Å². The molecule has 0 saturated heterocycles. The van der Waals surface area contributed by atoms with Crippen molar-refractivity contribution in [1.29, 1.82) is 0 Å². The molecule has 0 bridgehead atoms. The van der Waals surface area contributed by atoms with Gasteiger partial charge in [-0.3, -0.25) is 0 Å². The Morgan fingerprint density at radius 3 is 1.96 bits per heavy atom. The Morgan fingerprint density at radius 1 is 0.958 bits per heavy atom. The van der Waals surface area contributed by atoms with Crippen LogP contribution in [0.5, 0.6) is 17.2 Å².